The first-order valence-electron chi connectivity index (χ1n) is 4.28. The Bertz CT molecular complexity index is 339. The smallest absolute Gasteiger partial charge is 0.136 e. The quantitative estimate of drug-likeness (QED) is 0.587. The van der Waals surface area contributed by atoms with Crippen LogP contribution in [0, 0.1) is 0 Å². The van der Waals surface area contributed by atoms with Crippen LogP contribution in [0.2, 0.25) is 5.15 Å². The normalized spacial score (nSPS) is 16.4. The largest absolute Gasteiger partial charge is 0.352 e. The average molecular weight is 245 g/mol. The minimum absolute atomic E-state index is 0.534. The van der Waals surface area contributed by atoms with Crippen LogP contribution in [0.25, 0.3) is 0 Å². The molecule has 5 heteroatoms. The van der Waals surface area contributed by atoms with E-state index in [4.69, 9.17) is 23.8 Å². The molecule has 0 aromatic carbocycles. The van der Waals surface area contributed by atoms with Crippen LogP contribution in [0.15, 0.2) is 18.3 Å². The topological polar surface area (TPSA) is 16.1 Å². The fourth-order valence-corrected chi connectivity index (χ4v) is 2.63. The number of nitrogens with zero attached hydrogens (tertiary/aromatic N) is 2. The lowest BCUT2D eigenvalue weighted by Crippen LogP contribution is -2.22. The van der Waals surface area contributed by atoms with Crippen molar-refractivity contribution >= 4 is 39.9 Å². The van der Waals surface area contributed by atoms with Crippen molar-refractivity contribution in [3.63, 3.8) is 0 Å². The maximum Gasteiger partial charge on any atom is 0.136 e. The van der Waals surface area contributed by atoms with E-state index in [0.29, 0.717) is 5.15 Å². The SMILES string of the molecule is S=C1SCCN1Cc1ccc(Cl)nc1. The predicted molar refractivity (Wildman–Crippen MR) is 64.7 cm³/mol. The van der Waals surface area contributed by atoms with E-state index < -0.39 is 0 Å². The van der Waals surface area contributed by atoms with Gasteiger partial charge in [-0.1, -0.05) is 41.6 Å². The van der Waals surface area contributed by atoms with E-state index in [-0.39, 0.29) is 0 Å². The summed E-state index contributed by atoms with van der Waals surface area (Å²) in [6, 6.07) is 3.80. The minimum atomic E-state index is 0.534. The van der Waals surface area contributed by atoms with Gasteiger partial charge in [0.25, 0.3) is 0 Å². The van der Waals surface area contributed by atoms with Gasteiger partial charge in [0, 0.05) is 25.0 Å². The van der Waals surface area contributed by atoms with Gasteiger partial charge in [-0.2, -0.15) is 0 Å². The number of thioether (sulfide) groups is 1. The lowest BCUT2D eigenvalue weighted by molar-refractivity contribution is 0.463. The molecule has 0 unspecified atom stereocenters. The number of aromatic nitrogens is 1. The second-order valence-corrected chi connectivity index (χ2v) is 5.14. The van der Waals surface area contributed by atoms with Gasteiger partial charge in [-0.05, 0) is 11.6 Å². The van der Waals surface area contributed by atoms with Crippen LogP contribution in [0.4, 0.5) is 0 Å². The first-order chi connectivity index (χ1) is 6.75. The highest BCUT2D eigenvalue weighted by atomic mass is 35.5. The van der Waals surface area contributed by atoms with Gasteiger partial charge in [0.2, 0.25) is 0 Å². The summed E-state index contributed by atoms with van der Waals surface area (Å²) in [6.07, 6.45) is 1.80. The molecule has 14 heavy (non-hydrogen) atoms. The summed E-state index contributed by atoms with van der Waals surface area (Å²) >= 11 is 12.6. The highest BCUT2D eigenvalue weighted by Gasteiger charge is 2.17. The lowest BCUT2D eigenvalue weighted by Gasteiger charge is -2.16. The second kappa shape index (κ2) is 4.47. The molecule has 0 radical (unpaired) electrons. The number of thiocarbonyl (C=S) groups is 1. The molecule has 0 amide bonds. The standard InChI is InChI=1S/C9H9ClN2S2/c10-8-2-1-7(5-11-8)6-12-3-4-14-9(12)13/h1-2,5H,3-4,6H2. The Labute approximate surface area is 97.6 Å². The molecule has 2 rings (SSSR count). The highest BCUT2D eigenvalue weighted by Crippen LogP contribution is 2.20. The maximum atomic E-state index is 5.70. The molecule has 0 bridgehead atoms. The molecule has 1 saturated heterocycles. The Morgan fingerprint density at radius 1 is 1.57 bits per heavy atom. The van der Waals surface area contributed by atoms with Crippen molar-refractivity contribution in [2.45, 2.75) is 6.54 Å². The first kappa shape index (κ1) is 10.2. The summed E-state index contributed by atoms with van der Waals surface area (Å²) < 4.78 is 0.986. The van der Waals surface area contributed by atoms with Crippen molar-refractivity contribution in [3.8, 4) is 0 Å². The molecule has 0 aliphatic carbocycles. The molecular formula is C9H9ClN2S2. The van der Waals surface area contributed by atoms with Crippen LogP contribution in [0.3, 0.4) is 0 Å². The summed E-state index contributed by atoms with van der Waals surface area (Å²) in [6.45, 7) is 1.88. The monoisotopic (exact) mass is 244 g/mol. The summed E-state index contributed by atoms with van der Waals surface area (Å²) in [4.78, 5) is 6.22. The number of pyridine rings is 1. The van der Waals surface area contributed by atoms with E-state index in [1.165, 1.54) is 0 Å². The van der Waals surface area contributed by atoms with E-state index in [1.54, 1.807) is 18.0 Å². The van der Waals surface area contributed by atoms with Gasteiger partial charge in [0.1, 0.15) is 9.47 Å². The summed E-state index contributed by atoms with van der Waals surface area (Å²) in [5, 5.41) is 0.534. The Kier molecular flexibility index (Phi) is 3.26. The highest BCUT2D eigenvalue weighted by molar-refractivity contribution is 8.23. The van der Waals surface area contributed by atoms with Crippen LogP contribution >= 0.6 is 35.6 Å². The molecule has 0 saturated carbocycles. The Morgan fingerprint density at radius 3 is 3.00 bits per heavy atom. The van der Waals surface area contributed by atoms with E-state index in [9.17, 15) is 0 Å². The lowest BCUT2D eigenvalue weighted by atomic mass is 10.3. The molecule has 0 N–H and O–H groups in total. The zero-order chi connectivity index (χ0) is 9.97. The number of halogens is 1. The Hall–Kier alpha value is -0.320. The zero-order valence-electron chi connectivity index (χ0n) is 7.44. The van der Waals surface area contributed by atoms with E-state index in [1.807, 2.05) is 12.1 Å². The van der Waals surface area contributed by atoms with Crippen molar-refractivity contribution in [1.29, 1.82) is 0 Å². The first-order valence-corrected chi connectivity index (χ1v) is 6.05. The molecule has 0 atom stereocenters. The van der Waals surface area contributed by atoms with Crippen molar-refractivity contribution in [3.05, 3.63) is 29.0 Å². The third-order valence-electron chi connectivity index (χ3n) is 2.01. The molecule has 1 aliphatic heterocycles. The zero-order valence-corrected chi connectivity index (χ0v) is 9.83. The van der Waals surface area contributed by atoms with Gasteiger partial charge in [0.05, 0.1) is 0 Å². The maximum absolute atomic E-state index is 5.70. The fraction of sp³-hybridized carbons (Fsp3) is 0.333. The van der Waals surface area contributed by atoms with Gasteiger partial charge in [0.15, 0.2) is 0 Å². The van der Waals surface area contributed by atoms with E-state index in [0.717, 1.165) is 28.7 Å². The molecule has 1 aromatic heterocycles. The van der Waals surface area contributed by atoms with Crippen molar-refractivity contribution < 1.29 is 0 Å². The molecule has 2 heterocycles. The van der Waals surface area contributed by atoms with Crippen molar-refractivity contribution in [2.24, 2.45) is 0 Å². The minimum Gasteiger partial charge on any atom is -0.352 e. The summed E-state index contributed by atoms with van der Waals surface area (Å²) in [7, 11) is 0. The number of hydrogen-bond acceptors (Lipinski definition) is 3. The third kappa shape index (κ3) is 2.38. The van der Waals surface area contributed by atoms with Crippen LogP contribution in [0.5, 0.6) is 0 Å². The van der Waals surface area contributed by atoms with Crippen LogP contribution < -0.4 is 0 Å². The molecular weight excluding hydrogens is 236 g/mol. The second-order valence-electron chi connectivity index (χ2n) is 3.03. The fourth-order valence-electron chi connectivity index (χ4n) is 1.29. The van der Waals surface area contributed by atoms with Crippen LogP contribution in [-0.4, -0.2) is 26.5 Å². The van der Waals surface area contributed by atoms with Gasteiger partial charge >= 0.3 is 0 Å². The third-order valence-corrected chi connectivity index (χ3v) is 3.73. The number of rotatable bonds is 2. The average Bonchev–Trinajstić information content (AvgIpc) is 2.56. The summed E-state index contributed by atoms with van der Waals surface area (Å²) in [5.41, 5.74) is 1.15. The molecule has 1 aromatic rings. The van der Waals surface area contributed by atoms with Gasteiger partial charge in [-0.3, -0.25) is 0 Å². The van der Waals surface area contributed by atoms with E-state index >= 15 is 0 Å². The Balaban J connectivity index is 2.03. The van der Waals surface area contributed by atoms with Gasteiger partial charge in [-0.15, -0.1) is 0 Å². The van der Waals surface area contributed by atoms with Crippen molar-refractivity contribution in [1.82, 2.24) is 9.88 Å². The van der Waals surface area contributed by atoms with Gasteiger partial charge in [-0.25, -0.2) is 4.98 Å². The molecule has 0 spiro atoms. The summed E-state index contributed by atoms with van der Waals surface area (Å²) in [5.74, 6) is 1.10. The Morgan fingerprint density at radius 2 is 2.43 bits per heavy atom. The van der Waals surface area contributed by atoms with Crippen molar-refractivity contribution in [2.75, 3.05) is 12.3 Å². The molecule has 1 fully saturated rings. The van der Waals surface area contributed by atoms with Crippen LogP contribution in [0.1, 0.15) is 5.56 Å². The molecule has 2 nitrogen and oxygen atoms in total. The molecule has 1 aliphatic rings. The van der Waals surface area contributed by atoms with Crippen LogP contribution in [-0.2, 0) is 6.54 Å². The molecule has 74 valence electrons. The number of hydrogen-bond donors (Lipinski definition) is 0. The van der Waals surface area contributed by atoms with E-state index in [2.05, 4.69) is 9.88 Å². The predicted octanol–water partition coefficient (Wildman–Crippen LogP) is 2.57. The van der Waals surface area contributed by atoms with Gasteiger partial charge < -0.3 is 4.90 Å².